The standard InChI is InChI=1S/C22H29N3O5S2/c1-16(2)24(4)31(27,28)19-13-9-18(10-14-19)23-22(26)21-6-5-15-25(21)32(29,30)20-11-7-17(3)8-12-20/h7-14,16,21H,5-6,15H2,1-4H3,(H,23,26). The van der Waals surface area contributed by atoms with Gasteiger partial charge in [-0.1, -0.05) is 17.7 Å². The van der Waals surface area contributed by atoms with Crippen molar-refractivity contribution in [2.24, 2.45) is 0 Å². The predicted octanol–water partition coefficient (Wildman–Crippen LogP) is 2.82. The Morgan fingerprint density at radius 2 is 1.56 bits per heavy atom. The molecule has 1 amide bonds. The molecule has 1 aliphatic rings. The summed E-state index contributed by atoms with van der Waals surface area (Å²) in [5.74, 6) is -0.437. The van der Waals surface area contributed by atoms with Gasteiger partial charge in [0.2, 0.25) is 26.0 Å². The van der Waals surface area contributed by atoms with Crippen LogP contribution in [0.25, 0.3) is 0 Å². The highest BCUT2D eigenvalue weighted by molar-refractivity contribution is 7.89. The van der Waals surface area contributed by atoms with Gasteiger partial charge in [0, 0.05) is 25.3 Å². The Hall–Kier alpha value is -2.27. The molecule has 1 aliphatic heterocycles. The van der Waals surface area contributed by atoms with E-state index in [0.717, 1.165) is 5.56 Å². The molecular weight excluding hydrogens is 450 g/mol. The maximum absolute atomic E-state index is 13.1. The molecule has 0 bridgehead atoms. The van der Waals surface area contributed by atoms with Gasteiger partial charge in [0.15, 0.2) is 0 Å². The molecule has 2 aromatic rings. The Morgan fingerprint density at radius 1 is 1.00 bits per heavy atom. The monoisotopic (exact) mass is 479 g/mol. The fraction of sp³-hybridized carbons (Fsp3) is 0.409. The molecule has 0 radical (unpaired) electrons. The van der Waals surface area contributed by atoms with Gasteiger partial charge in [-0.05, 0) is 70.0 Å². The van der Waals surface area contributed by atoms with Crippen molar-refractivity contribution < 1.29 is 21.6 Å². The third kappa shape index (κ3) is 4.88. The van der Waals surface area contributed by atoms with Gasteiger partial charge in [0.05, 0.1) is 9.79 Å². The summed E-state index contributed by atoms with van der Waals surface area (Å²) >= 11 is 0. The van der Waals surface area contributed by atoms with E-state index in [1.54, 1.807) is 38.1 Å². The molecule has 0 aliphatic carbocycles. The molecule has 1 fully saturated rings. The summed E-state index contributed by atoms with van der Waals surface area (Å²) in [6, 6.07) is 11.4. The zero-order valence-corrected chi connectivity index (χ0v) is 20.3. The lowest BCUT2D eigenvalue weighted by atomic mass is 10.2. The lowest BCUT2D eigenvalue weighted by Gasteiger charge is -2.24. The van der Waals surface area contributed by atoms with E-state index >= 15 is 0 Å². The van der Waals surface area contributed by atoms with Gasteiger partial charge >= 0.3 is 0 Å². The number of anilines is 1. The molecule has 10 heteroatoms. The molecule has 1 saturated heterocycles. The number of amides is 1. The third-order valence-corrected chi connectivity index (χ3v) is 9.63. The summed E-state index contributed by atoms with van der Waals surface area (Å²) in [5.41, 5.74) is 1.35. The van der Waals surface area contributed by atoms with E-state index in [1.165, 1.54) is 39.9 Å². The fourth-order valence-corrected chi connectivity index (χ4v) is 6.54. The molecule has 174 valence electrons. The van der Waals surface area contributed by atoms with Gasteiger partial charge in [-0.15, -0.1) is 0 Å². The zero-order chi connectivity index (χ0) is 23.7. The Morgan fingerprint density at radius 3 is 2.12 bits per heavy atom. The van der Waals surface area contributed by atoms with Gasteiger partial charge < -0.3 is 5.32 Å². The normalized spacial score (nSPS) is 17.8. The number of benzene rings is 2. The predicted molar refractivity (Wildman–Crippen MR) is 123 cm³/mol. The molecule has 1 heterocycles. The summed E-state index contributed by atoms with van der Waals surface area (Å²) in [4.78, 5) is 13.2. The van der Waals surface area contributed by atoms with E-state index in [9.17, 15) is 21.6 Å². The minimum Gasteiger partial charge on any atom is -0.325 e. The van der Waals surface area contributed by atoms with E-state index in [4.69, 9.17) is 0 Å². The number of rotatable bonds is 7. The van der Waals surface area contributed by atoms with Crippen molar-refractivity contribution in [2.75, 3.05) is 18.9 Å². The molecule has 1 atom stereocenters. The molecule has 1 N–H and O–H groups in total. The second-order valence-electron chi connectivity index (χ2n) is 8.22. The average molecular weight is 480 g/mol. The molecule has 0 aromatic heterocycles. The molecule has 32 heavy (non-hydrogen) atoms. The van der Waals surface area contributed by atoms with Crippen LogP contribution in [0.15, 0.2) is 58.3 Å². The Balaban J connectivity index is 1.76. The van der Waals surface area contributed by atoms with Crippen molar-refractivity contribution in [3.63, 3.8) is 0 Å². The van der Waals surface area contributed by atoms with Crippen molar-refractivity contribution in [3.8, 4) is 0 Å². The molecule has 3 rings (SSSR count). The van der Waals surface area contributed by atoms with Crippen molar-refractivity contribution in [1.29, 1.82) is 0 Å². The van der Waals surface area contributed by atoms with E-state index in [0.29, 0.717) is 18.5 Å². The third-order valence-electron chi connectivity index (χ3n) is 5.66. The van der Waals surface area contributed by atoms with Crippen molar-refractivity contribution in [2.45, 2.75) is 55.5 Å². The van der Waals surface area contributed by atoms with Gasteiger partial charge in [-0.2, -0.15) is 8.61 Å². The lowest BCUT2D eigenvalue weighted by molar-refractivity contribution is -0.119. The first-order valence-corrected chi connectivity index (χ1v) is 13.3. The van der Waals surface area contributed by atoms with Gasteiger partial charge in [-0.3, -0.25) is 4.79 Å². The van der Waals surface area contributed by atoms with Crippen LogP contribution in [-0.4, -0.2) is 57.0 Å². The van der Waals surface area contributed by atoms with E-state index in [-0.39, 0.29) is 22.4 Å². The number of nitrogens with zero attached hydrogens (tertiary/aromatic N) is 2. The van der Waals surface area contributed by atoms with Crippen LogP contribution in [0.4, 0.5) is 5.69 Å². The summed E-state index contributed by atoms with van der Waals surface area (Å²) in [5, 5.41) is 2.72. The molecule has 2 aromatic carbocycles. The highest BCUT2D eigenvalue weighted by Gasteiger charge is 2.39. The molecular formula is C22H29N3O5S2. The maximum Gasteiger partial charge on any atom is 0.243 e. The number of hydrogen-bond donors (Lipinski definition) is 1. The highest BCUT2D eigenvalue weighted by Crippen LogP contribution is 2.27. The van der Waals surface area contributed by atoms with Crippen molar-refractivity contribution in [1.82, 2.24) is 8.61 Å². The van der Waals surface area contributed by atoms with Crippen LogP contribution < -0.4 is 5.32 Å². The molecule has 8 nitrogen and oxygen atoms in total. The van der Waals surface area contributed by atoms with E-state index in [2.05, 4.69) is 5.32 Å². The Bertz CT molecular complexity index is 1180. The first-order chi connectivity index (χ1) is 14.9. The van der Waals surface area contributed by atoms with Gasteiger partial charge in [-0.25, -0.2) is 16.8 Å². The second-order valence-corrected chi connectivity index (χ2v) is 12.1. The minimum absolute atomic E-state index is 0.121. The first-order valence-electron chi connectivity index (χ1n) is 10.4. The largest absolute Gasteiger partial charge is 0.325 e. The van der Waals surface area contributed by atoms with Crippen LogP contribution in [0.3, 0.4) is 0 Å². The number of carbonyl (C=O) groups excluding carboxylic acids is 1. The van der Waals surface area contributed by atoms with Gasteiger partial charge in [0.1, 0.15) is 6.04 Å². The van der Waals surface area contributed by atoms with Crippen molar-refractivity contribution >= 4 is 31.6 Å². The minimum atomic E-state index is -3.80. The Labute approximate surface area is 190 Å². The SMILES string of the molecule is Cc1ccc(S(=O)(=O)N2CCCC2C(=O)Nc2ccc(S(=O)(=O)N(C)C(C)C)cc2)cc1. The number of hydrogen-bond acceptors (Lipinski definition) is 5. The maximum atomic E-state index is 13.1. The van der Waals surface area contributed by atoms with Crippen LogP contribution >= 0.6 is 0 Å². The average Bonchev–Trinajstić information content (AvgIpc) is 3.25. The second kappa shape index (κ2) is 9.30. The topological polar surface area (TPSA) is 104 Å². The number of aryl methyl sites for hydroxylation is 1. The summed E-state index contributed by atoms with van der Waals surface area (Å²) < 4.78 is 53.8. The van der Waals surface area contributed by atoms with E-state index in [1.807, 2.05) is 6.92 Å². The van der Waals surface area contributed by atoms with Crippen LogP contribution in [0.5, 0.6) is 0 Å². The molecule has 1 unspecified atom stereocenters. The van der Waals surface area contributed by atoms with Gasteiger partial charge in [0.25, 0.3) is 0 Å². The summed E-state index contributed by atoms with van der Waals surface area (Å²) in [6.45, 7) is 5.71. The summed E-state index contributed by atoms with van der Waals surface area (Å²) in [7, 11) is -5.91. The molecule has 0 spiro atoms. The highest BCUT2D eigenvalue weighted by atomic mass is 32.2. The number of nitrogens with one attached hydrogen (secondary N) is 1. The quantitative estimate of drug-likeness (QED) is 0.658. The lowest BCUT2D eigenvalue weighted by Crippen LogP contribution is -2.43. The first kappa shape index (κ1) is 24.4. The van der Waals surface area contributed by atoms with Crippen LogP contribution in [0.1, 0.15) is 32.3 Å². The van der Waals surface area contributed by atoms with Crippen molar-refractivity contribution in [3.05, 3.63) is 54.1 Å². The number of sulfonamides is 2. The van der Waals surface area contributed by atoms with Crippen LogP contribution in [0.2, 0.25) is 0 Å². The fourth-order valence-electron chi connectivity index (χ4n) is 3.52. The van der Waals surface area contributed by atoms with Crippen LogP contribution in [-0.2, 0) is 24.8 Å². The molecule has 0 saturated carbocycles. The number of carbonyl (C=O) groups is 1. The van der Waals surface area contributed by atoms with Crippen LogP contribution in [0, 0.1) is 6.92 Å². The van der Waals surface area contributed by atoms with E-state index < -0.39 is 32.0 Å². The Kier molecular flexibility index (Phi) is 7.09. The smallest absolute Gasteiger partial charge is 0.243 e. The zero-order valence-electron chi connectivity index (χ0n) is 18.6. The summed E-state index contributed by atoms with van der Waals surface area (Å²) in [6.07, 6.45) is 1.00.